The molecule has 0 saturated heterocycles. The Bertz CT molecular complexity index is 6120. The van der Waals surface area contributed by atoms with Crippen molar-refractivity contribution >= 4 is 205 Å². The summed E-state index contributed by atoms with van der Waals surface area (Å²) >= 11 is 21.9. The number of amides is 9. The SMILES string of the molecule is O=C1Nc2c(Br)cccc2C1(O)C[N+](=O)[O-].O=C1Nc2c(Cl)cccc2C1(O)C[N+](=O)[O-].O=C1Nc2c(F)cccc2C1(O)C[N+](=O)[O-].O=C1Nc2c(I)cccc2C1(O)C[N+](=O)[O-].O=C1Nc2ccc(Br)cc2C1(O)C[N+](=O)[O-].O=C1Nc2ccc(Cl)cc2C1(O)C[N+](=O)[O-].O=C1Nc2ccc(F)cc2C1(O)C[N+](=O)[O-].O=C1Nc2ccc(I)cc2C1(O)C[N+](=O)[O-].O=C1Nc2ccccc2C1(O)C[N+](=O)[O-]. The summed E-state index contributed by atoms with van der Waals surface area (Å²) in [7, 11) is 0. The van der Waals surface area contributed by atoms with Crippen LogP contribution >= 0.6 is 100 Å². The molecule has 18 N–H and O–H groups in total. The molecule has 54 nitrogen and oxygen atoms in total. The summed E-state index contributed by atoms with van der Waals surface area (Å²) in [6.45, 7) is -7.92. The van der Waals surface area contributed by atoms with E-state index in [1.165, 1.54) is 78.9 Å². The van der Waals surface area contributed by atoms with E-state index in [1.807, 2.05) is 45.2 Å². The molecule has 0 aromatic heterocycles. The van der Waals surface area contributed by atoms with Crippen LogP contribution in [0.2, 0.25) is 10.0 Å². The van der Waals surface area contributed by atoms with Crippen molar-refractivity contribution in [2.24, 2.45) is 0 Å². The molecule has 0 bridgehead atoms. The van der Waals surface area contributed by atoms with Crippen molar-refractivity contribution in [2.45, 2.75) is 50.4 Å². The van der Waals surface area contributed by atoms with Gasteiger partial charge < -0.3 is 93.8 Å². The number of halogens is 8. The summed E-state index contributed by atoms with van der Waals surface area (Å²) in [5.74, 6) is -8.71. The second-order valence-corrected chi connectivity index (χ2v) is 36.2. The number of fused-ring (bicyclic) bond motifs is 9. The molecule has 0 fully saturated rings. The predicted octanol–water partition coefficient (Wildman–Crippen LogP) is 5.25. The van der Waals surface area contributed by atoms with Crippen LogP contribution in [-0.2, 0) is 93.6 Å². The Labute approximate surface area is 846 Å². The van der Waals surface area contributed by atoms with E-state index in [0.717, 1.165) is 25.3 Å². The smallest absolute Gasteiger partial charge is 0.268 e. The molecule has 9 aromatic rings. The predicted molar refractivity (Wildman–Crippen MR) is 508 cm³/mol. The third-order valence-corrected chi connectivity index (χ3v) is 25.0. The number of anilines is 9. The van der Waals surface area contributed by atoms with Crippen LogP contribution in [0, 0.1) is 110 Å². The number of carbonyl (C=O) groups excluding carboxylic acids is 9. The third-order valence-electron chi connectivity index (χ3n) is 21.7. The largest absolute Gasteiger partial charge is 0.370 e. The van der Waals surface area contributed by atoms with Crippen LogP contribution in [0.4, 0.5) is 60.0 Å². The minimum Gasteiger partial charge on any atom is -0.370 e. The zero-order chi connectivity index (χ0) is 106. The lowest BCUT2D eigenvalue weighted by Crippen LogP contribution is -2.40. The Balaban J connectivity index is 0.000000165. The number of nitrogens with zero attached hydrogens (tertiary/aromatic N) is 9. The first-order valence-electron chi connectivity index (χ1n) is 39.4. The van der Waals surface area contributed by atoms with Crippen LogP contribution in [0.1, 0.15) is 50.1 Å². The van der Waals surface area contributed by atoms with E-state index < -0.39 is 218 Å². The van der Waals surface area contributed by atoms with Crippen molar-refractivity contribution in [3.63, 3.8) is 0 Å². The van der Waals surface area contributed by atoms with E-state index in [0.29, 0.717) is 48.1 Å². The van der Waals surface area contributed by atoms with Gasteiger partial charge in [0.15, 0.2) is 0 Å². The lowest BCUT2D eigenvalue weighted by Gasteiger charge is -2.15. The van der Waals surface area contributed by atoms with Crippen LogP contribution in [0.25, 0.3) is 0 Å². The molecule has 0 saturated carbocycles. The average molecular weight is 2390 g/mol. The summed E-state index contributed by atoms with van der Waals surface area (Å²) in [5, 5.41) is 205. The number of hydrogen-bond acceptors (Lipinski definition) is 36. The van der Waals surface area contributed by atoms with Crippen molar-refractivity contribution in [1.82, 2.24) is 0 Å². The normalized spacial score (nSPS) is 22.8. The van der Waals surface area contributed by atoms with Crippen LogP contribution in [-0.4, -0.2) is 202 Å². The molecule has 9 aliphatic heterocycles. The van der Waals surface area contributed by atoms with E-state index >= 15 is 0 Å². The number of hydrogen-bond donors (Lipinski definition) is 18. The minimum atomic E-state index is -2.29. The van der Waals surface area contributed by atoms with Crippen LogP contribution < -0.4 is 47.9 Å². The van der Waals surface area contributed by atoms with Gasteiger partial charge in [-0.05, 0) is 164 Å². The molecule has 9 atom stereocenters. The molecule has 0 spiro atoms. The van der Waals surface area contributed by atoms with Gasteiger partial charge in [0.2, 0.25) is 109 Å². The number of rotatable bonds is 18. The van der Waals surface area contributed by atoms with Gasteiger partial charge in [-0.25, -0.2) is 8.78 Å². The number of carbonyl (C=O) groups is 9. The molecule has 62 heteroatoms. The molecule has 9 aliphatic rings. The second-order valence-electron chi connectivity index (χ2n) is 31.2. The van der Waals surface area contributed by atoms with Crippen molar-refractivity contribution in [2.75, 3.05) is 107 Å². The van der Waals surface area contributed by atoms with Gasteiger partial charge in [0.1, 0.15) is 11.6 Å². The molecule has 9 amide bonds. The highest BCUT2D eigenvalue weighted by Crippen LogP contribution is 2.47. The summed E-state index contributed by atoms with van der Waals surface area (Å²) < 4.78 is 29.0. The van der Waals surface area contributed by atoms with Crippen molar-refractivity contribution < 1.29 is 142 Å². The number of nitro groups is 9. The van der Waals surface area contributed by atoms with Gasteiger partial charge in [-0.15, -0.1) is 0 Å². The maximum absolute atomic E-state index is 13.2. The molecule has 0 radical (unpaired) electrons. The summed E-state index contributed by atoms with van der Waals surface area (Å²) in [5.41, 5.74) is -15.2. The monoisotopic (exact) mass is 2380 g/mol. The first kappa shape index (κ1) is 110. The fraction of sp³-hybridized carbons (Fsp3) is 0.222. The number of nitrogens with one attached hydrogen (secondary N) is 9. The standard InChI is InChI=1S/2C9H7BrN2O4.2C9H7ClN2O4.2C9H7FN2O4.2C9H7IN2O4.C9H8N2O4/c10-5-1-2-7-6(3-5)9(14,4-12(15)16)8(13)11-7;10-6-3-1-2-5-7(6)11-8(13)9(5,14)4-12(15)16;10-5-1-2-7-6(3-5)9(14,4-12(15)16)8(13)11-7;10-6-3-1-2-5-7(6)11-8(13)9(5,14)4-12(15)16;10-5-1-2-7-6(3-5)9(14,4-12(15)16)8(13)11-7;10-6-3-1-2-5-7(6)11-8(13)9(5,14)4-12(15)16;10-5-1-2-7-6(3-5)9(14,4-12(15)16)8(13)11-7;10-6-3-1-2-5-7(6)11-8(13)9(5,14)4-12(15)16;12-8-9(13,5-11(14)15)6-3-1-2-4-7(6)10-8/h8*1-3,14H,4H2,(H,11,13);1-4,13H,5H2,(H,10,12). The van der Waals surface area contributed by atoms with Crippen molar-refractivity contribution in [3.8, 4) is 0 Å². The van der Waals surface area contributed by atoms with Gasteiger partial charge in [0.05, 0.1) is 27.8 Å². The van der Waals surface area contributed by atoms with E-state index in [2.05, 4.69) is 79.7 Å². The van der Waals surface area contributed by atoms with Crippen LogP contribution in [0.5, 0.6) is 0 Å². The first-order chi connectivity index (χ1) is 66.6. The summed E-state index contributed by atoms with van der Waals surface area (Å²) in [6, 6.07) is 41.5. The molecule has 9 aromatic carbocycles. The Morgan fingerprint density at radius 3 is 0.965 bits per heavy atom. The van der Waals surface area contributed by atoms with Gasteiger partial charge >= 0.3 is 0 Å². The van der Waals surface area contributed by atoms with Crippen molar-refractivity contribution in [1.29, 1.82) is 0 Å². The molecule has 9 unspecified atom stereocenters. The van der Waals surface area contributed by atoms with Crippen LogP contribution in [0.3, 0.4) is 0 Å². The Hall–Kier alpha value is -14.7. The Morgan fingerprint density at radius 1 is 0.280 bits per heavy atom. The maximum atomic E-state index is 13.2. The Kier molecular flexibility index (Phi) is 33.2. The fourth-order valence-corrected chi connectivity index (χ4v) is 17.3. The maximum Gasteiger partial charge on any atom is 0.268 e. The van der Waals surface area contributed by atoms with Gasteiger partial charge in [-0.2, -0.15) is 0 Å². The van der Waals surface area contributed by atoms with Crippen LogP contribution in [0.15, 0.2) is 179 Å². The molecular weight excluding hydrogens is 2320 g/mol. The summed E-state index contributed by atoms with van der Waals surface area (Å²) in [6.07, 6.45) is 0. The molecule has 750 valence electrons. The lowest BCUT2D eigenvalue weighted by molar-refractivity contribution is -0.498. The van der Waals surface area contributed by atoms with E-state index in [1.54, 1.807) is 72.8 Å². The summed E-state index contributed by atoms with van der Waals surface area (Å²) in [4.78, 5) is 191. The molecule has 9 heterocycles. The number of aliphatic hydroxyl groups is 9. The zero-order valence-corrected chi connectivity index (χ0v) is 80.1. The van der Waals surface area contributed by atoms with Crippen molar-refractivity contribution in [3.05, 3.63) is 349 Å². The number of para-hydroxylation sites is 5. The topological polar surface area (TPSA) is 832 Å². The highest BCUT2D eigenvalue weighted by Gasteiger charge is 2.58. The number of benzene rings is 9. The van der Waals surface area contributed by atoms with E-state index in [9.17, 15) is 189 Å². The molecular formula is C81H64Br2Cl2F2I2N18O36. The molecule has 143 heavy (non-hydrogen) atoms. The highest BCUT2D eigenvalue weighted by molar-refractivity contribution is 14.1. The second kappa shape index (κ2) is 43.0. The van der Waals surface area contributed by atoms with Gasteiger partial charge in [0.25, 0.3) is 53.2 Å². The zero-order valence-electron chi connectivity index (χ0n) is 71.1. The lowest BCUT2D eigenvalue weighted by atomic mass is 9.95. The van der Waals surface area contributed by atoms with Gasteiger partial charge in [0, 0.05) is 144 Å². The average Bonchev–Trinajstić information content (AvgIpc) is 1.62. The quantitative estimate of drug-likeness (QED) is 0.0296. The van der Waals surface area contributed by atoms with Gasteiger partial charge in [-0.1, -0.05) is 106 Å². The fourth-order valence-electron chi connectivity index (χ4n) is 15.0. The minimum absolute atomic E-state index is 0.103. The first-order valence-corrected chi connectivity index (χ1v) is 43.9. The third kappa shape index (κ3) is 23.2. The molecule has 0 aliphatic carbocycles. The van der Waals surface area contributed by atoms with Gasteiger partial charge in [-0.3, -0.25) is 134 Å². The molecule has 18 rings (SSSR count). The van der Waals surface area contributed by atoms with E-state index in [4.69, 9.17) is 23.2 Å². The van der Waals surface area contributed by atoms with E-state index in [-0.39, 0.29) is 72.2 Å². The Morgan fingerprint density at radius 2 is 0.552 bits per heavy atom. The highest BCUT2D eigenvalue weighted by atomic mass is 127.